The van der Waals surface area contributed by atoms with Gasteiger partial charge in [0.2, 0.25) is 10.0 Å². The van der Waals surface area contributed by atoms with Crippen LogP contribution in [0.5, 0.6) is 0 Å². The fraction of sp³-hybridized carbons (Fsp3) is 0.455. The van der Waals surface area contributed by atoms with Crippen LogP contribution in [0.25, 0.3) is 0 Å². The van der Waals surface area contributed by atoms with Gasteiger partial charge in [-0.15, -0.1) is 0 Å². The molecule has 1 rings (SSSR count). The molecule has 1 atom stereocenters. The third-order valence-corrected chi connectivity index (χ3v) is 3.92. The number of benzene rings is 1. The van der Waals surface area contributed by atoms with Gasteiger partial charge in [-0.2, -0.15) is 13.2 Å². The van der Waals surface area contributed by atoms with Gasteiger partial charge in [-0.1, -0.05) is 13.0 Å². The summed E-state index contributed by atoms with van der Waals surface area (Å²) in [6, 6.07) is 3.60. The van der Waals surface area contributed by atoms with Crippen molar-refractivity contribution in [3.05, 3.63) is 29.8 Å². The van der Waals surface area contributed by atoms with E-state index in [1.54, 1.807) is 6.92 Å². The maximum absolute atomic E-state index is 12.5. The van der Waals surface area contributed by atoms with Gasteiger partial charge in [-0.05, 0) is 30.7 Å². The van der Waals surface area contributed by atoms with Gasteiger partial charge >= 0.3 is 6.18 Å². The average Bonchev–Trinajstić information content (AvgIpc) is 2.35. The van der Waals surface area contributed by atoms with E-state index in [-0.39, 0.29) is 19.0 Å². The molecule has 0 saturated heterocycles. The summed E-state index contributed by atoms with van der Waals surface area (Å²) in [7, 11) is -3.95. The molecule has 0 spiro atoms. The SMILES string of the molecule is CC(CN)CNS(=O)(=O)c1cccc(C(F)(F)F)c1. The minimum absolute atomic E-state index is 0.0785. The molecule has 1 unspecified atom stereocenters. The van der Waals surface area contributed by atoms with Crippen LogP contribution >= 0.6 is 0 Å². The number of alkyl halides is 3. The Labute approximate surface area is 109 Å². The topological polar surface area (TPSA) is 72.2 Å². The van der Waals surface area contributed by atoms with Gasteiger partial charge in [-0.3, -0.25) is 0 Å². The molecule has 0 fully saturated rings. The van der Waals surface area contributed by atoms with Crippen LogP contribution in [-0.4, -0.2) is 21.5 Å². The maximum Gasteiger partial charge on any atom is 0.416 e. The van der Waals surface area contributed by atoms with Crippen LogP contribution in [0.1, 0.15) is 12.5 Å². The molecule has 0 aliphatic carbocycles. The first-order chi connectivity index (χ1) is 8.66. The van der Waals surface area contributed by atoms with Crippen LogP contribution in [0.3, 0.4) is 0 Å². The second kappa shape index (κ2) is 5.89. The Hall–Kier alpha value is -1.12. The lowest BCUT2D eigenvalue weighted by Gasteiger charge is -2.12. The largest absolute Gasteiger partial charge is 0.416 e. The zero-order chi connectivity index (χ0) is 14.7. The number of rotatable bonds is 5. The van der Waals surface area contributed by atoms with Crippen molar-refractivity contribution in [2.45, 2.75) is 18.0 Å². The first-order valence-electron chi connectivity index (χ1n) is 5.54. The molecule has 0 heterocycles. The Kier molecular flexibility index (Phi) is 4.94. The normalized spacial score (nSPS) is 14.4. The first kappa shape index (κ1) is 15.9. The Balaban J connectivity index is 2.96. The Morgan fingerprint density at radius 2 is 2.00 bits per heavy atom. The van der Waals surface area contributed by atoms with E-state index in [2.05, 4.69) is 4.72 Å². The summed E-state index contributed by atoms with van der Waals surface area (Å²) in [4.78, 5) is -0.411. The van der Waals surface area contributed by atoms with Crippen LogP contribution in [0.4, 0.5) is 13.2 Å². The lowest BCUT2D eigenvalue weighted by atomic mass is 10.2. The standard InChI is InChI=1S/C11H15F3N2O2S/c1-8(6-15)7-16-19(17,18)10-4-2-3-9(5-10)11(12,13)14/h2-5,8,16H,6-7,15H2,1H3. The molecule has 0 aromatic heterocycles. The van der Waals surface area contributed by atoms with Gasteiger partial charge in [-0.25, -0.2) is 13.1 Å². The third-order valence-electron chi connectivity index (χ3n) is 2.50. The molecule has 0 bridgehead atoms. The molecule has 19 heavy (non-hydrogen) atoms. The smallest absolute Gasteiger partial charge is 0.330 e. The molecular formula is C11H15F3N2O2S. The van der Waals surface area contributed by atoms with Crippen molar-refractivity contribution in [3.63, 3.8) is 0 Å². The zero-order valence-corrected chi connectivity index (χ0v) is 11.1. The number of hydrogen-bond acceptors (Lipinski definition) is 3. The fourth-order valence-corrected chi connectivity index (χ4v) is 2.47. The monoisotopic (exact) mass is 296 g/mol. The van der Waals surface area contributed by atoms with E-state index in [1.165, 1.54) is 0 Å². The lowest BCUT2D eigenvalue weighted by molar-refractivity contribution is -0.137. The summed E-state index contributed by atoms with van der Waals surface area (Å²) in [5.41, 5.74) is 4.34. The summed E-state index contributed by atoms with van der Waals surface area (Å²) >= 11 is 0. The van der Waals surface area contributed by atoms with E-state index >= 15 is 0 Å². The van der Waals surface area contributed by atoms with E-state index in [1.807, 2.05) is 0 Å². The average molecular weight is 296 g/mol. The summed E-state index contributed by atoms with van der Waals surface area (Å²) in [6.45, 7) is 2.09. The predicted octanol–water partition coefficient (Wildman–Crippen LogP) is 1.58. The summed E-state index contributed by atoms with van der Waals surface area (Å²) in [5, 5.41) is 0. The summed E-state index contributed by atoms with van der Waals surface area (Å²) < 4.78 is 63.3. The van der Waals surface area contributed by atoms with Crippen molar-refractivity contribution in [2.24, 2.45) is 11.7 Å². The van der Waals surface area contributed by atoms with E-state index in [4.69, 9.17) is 5.73 Å². The van der Waals surface area contributed by atoms with Crippen molar-refractivity contribution < 1.29 is 21.6 Å². The molecular weight excluding hydrogens is 281 g/mol. The molecule has 0 aliphatic heterocycles. The Bertz CT molecular complexity index is 529. The predicted molar refractivity (Wildman–Crippen MR) is 64.9 cm³/mol. The maximum atomic E-state index is 12.5. The molecule has 0 amide bonds. The second-order valence-electron chi connectivity index (χ2n) is 4.22. The molecule has 1 aromatic carbocycles. The first-order valence-corrected chi connectivity index (χ1v) is 7.02. The molecule has 4 nitrogen and oxygen atoms in total. The summed E-state index contributed by atoms with van der Waals surface area (Å²) in [5.74, 6) is -0.0967. The van der Waals surface area contributed by atoms with Crippen molar-refractivity contribution in [3.8, 4) is 0 Å². The van der Waals surface area contributed by atoms with E-state index < -0.39 is 26.7 Å². The van der Waals surface area contributed by atoms with Crippen molar-refractivity contribution in [1.82, 2.24) is 4.72 Å². The number of sulfonamides is 1. The molecule has 3 N–H and O–H groups in total. The lowest BCUT2D eigenvalue weighted by Crippen LogP contribution is -2.31. The van der Waals surface area contributed by atoms with Crippen LogP contribution in [0, 0.1) is 5.92 Å². The van der Waals surface area contributed by atoms with E-state index in [9.17, 15) is 21.6 Å². The van der Waals surface area contributed by atoms with Crippen molar-refractivity contribution >= 4 is 10.0 Å². The van der Waals surface area contributed by atoms with Gasteiger partial charge in [0.1, 0.15) is 0 Å². The quantitative estimate of drug-likeness (QED) is 0.866. The molecule has 0 aliphatic rings. The highest BCUT2D eigenvalue weighted by Gasteiger charge is 2.31. The van der Waals surface area contributed by atoms with Gasteiger partial charge < -0.3 is 5.73 Å². The number of hydrogen-bond donors (Lipinski definition) is 2. The minimum Gasteiger partial charge on any atom is -0.330 e. The van der Waals surface area contributed by atoms with Gasteiger partial charge in [0.05, 0.1) is 10.5 Å². The Morgan fingerprint density at radius 3 is 2.53 bits per heavy atom. The molecule has 108 valence electrons. The summed E-state index contributed by atoms with van der Waals surface area (Å²) in [6.07, 6.45) is -4.57. The Morgan fingerprint density at radius 1 is 1.37 bits per heavy atom. The highest BCUT2D eigenvalue weighted by molar-refractivity contribution is 7.89. The minimum atomic E-state index is -4.57. The van der Waals surface area contributed by atoms with Gasteiger partial charge in [0.25, 0.3) is 0 Å². The van der Waals surface area contributed by atoms with E-state index in [0.29, 0.717) is 6.07 Å². The van der Waals surface area contributed by atoms with Crippen molar-refractivity contribution in [2.75, 3.05) is 13.1 Å². The van der Waals surface area contributed by atoms with Gasteiger partial charge in [0, 0.05) is 6.54 Å². The fourth-order valence-electron chi connectivity index (χ4n) is 1.26. The highest BCUT2D eigenvalue weighted by atomic mass is 32.2. The second-order valence-corrected chi connectivity index (χ2v) is 5.99. The van der Waals surface area contributed by atoms with Crippen LogP contribution in [0.2, 0.25) is 0 Å². The number of nitrogens with two attached hydrogens (primary N) is 1. The van der Waals surface area contributed by atoms with Crippen molar-refractivity contribution in [1.29, 1.82) is 0 Å². The number of halogens is 3. The van der Waals surface area contributed by atoms with Gasteiger partial charge in [0.15, 0.2) is 0 Å². The van der Waals surface area contributed by atoms with Crippen LogP contribution < -0.4 is 10.5 Å². The zero-order valence-electron chi connectivity index (χ0n) is 10.2. The third kappa shape index (κ3) is 4.48. The van der Waals surface area contributed by atoms with Crippen LogP contribution in [0.15, 0.2) is 29.2 Å². The number of nitrogens with one attached hydrogen (secondary N) is 1. The van der Waals surface area contributed by atoms with Crippen LogP contribution in [-0.2, 0) is 16.2 Å². The molecule has 8 heteroatoms. The van der Waals surface area contributed by atoms with E-state index in [0.717, 1.165) is 18.2 Å². The highest BCUT2D eigenvalue weighted by Crippen LogP contribution is 2.30. The molecule has 1 aromatic rings. The molecule has 0 radical (unpaired) electrons. The molecule has 0 saturated carbocycles.